The maximum atomic E-state index is 13.5. The third-order valence-electron chi connectivity index (χ3n) is 3.64. The molecule has 3 rings (SSSR count). The number of aliphatic imine (C=N–C) groups is 1. The molecular weight excluding hydrogens is 424 g/mol. The predicted molar refractivity (Wildman–Crippen MR) is 101 cm³/mol. The number of carbonyl (C=O) groups excluding carboxylic acids is 3. The molecule has 2 aromatic carbocycles. The van der Waals surface area contributed by atoms with E-state index < -0.39 is 29.5 Å². The first-order chi connectivity index (χ1) is 14.1. The van der Waals surface area contributed by atoms with Crippen LogP contribution in [0.15, 0.2) is 41.0 Å². The fraction of sp³-hybridized carbons (Fsp3) is 0.100. The first-order valence-corrected chi connectivity index (χ1v) is 8.70. The molecule has 154 valence electrons. The van der Waals surface area contributed by atoms with E-state index in [2.05, 4.69) is 4.99 Å². The summed E-state index contributed by atoms with van der Waals surface area (Å²) in [7, 11) is 0. The van der Waals surface area contributed by atoms with Crippen LogP contribution in [0, 0.1) is 11.6 Å². The van der Waals surface area contributed by atoms with Crippen LogP contribution in [-0.2, 0) is 19.1 Å². The second kappa shape index (κ2) is 8.42. The summed E-state index contributed by atoms with van der Waals surface area (Å²) >= 11 is 5.88. The monoisotopic (exact) mass is 435 g/mol. The Morgan fingerprint density at radius 3 is 2.33 bits per heavy atom. The molecule has 7 nitrogen and oxygen atoms in total. The van der Waals surface area contributed by atoms with Crippen LogP contribution in [0.3, 0.4) is 0 Å². The summed E-state index contributed by atoms with van der Waals surface area (Å²) < 4.78 is 41.7. The molecule has 0 radical (unpaired) electrons. The number of cyclic esters (lactones) is 1. The Labute approximate surface area is 173 Å². The lowest BCUT2D eigenvalue weighted by Crippen LogP contribution is -2.07. The van der Waals surface area contributed by atoms with Gasteiger partial charge < -0.3 is 14.2 Å². The van der Waals surface area contributed by atoms with Crippen molar-refractivity contribution >= 4 is 41.5 Å². The van der Waals surface area contributed by atoms with Crippen molar-refractivity contribution < 1.29 is 37.4 Å². The number of benzene rings is 2. The van der Waals surface area contributed by atoms with E-state index in [9.17, 15) is 23.2 Å². The summed E-state index contributed by atoms with van der Waals surface area (Å²) in [6.07, 6.45) is 1.30. The molecule has 0 bridgehead atoms. The zero-order valence-electron chi connectivity index (χ0n) is 15.5. The Morgan fingerprint density at radius 2 is 1.67 bits per heavy atom. The molecule has 0 N–H and O–H groups in total. The van der Waals surface area contributed by atoms with Gasteiger partial charge in [0.05, 0.1) is 10.6 Å². The molecule has 1 aliphatic rings. The van der Waals surface area contributed by atoms with Crippen LogP contribution in [-0.4, -0.2) is 23.8 Å². The van der Waals surface area contributed by atoms with Gasteiger partial charge in [-0.15, -0.1) is 0 Å². The van der Waals surface area contributed by atoms with Crippen molar-refractivity contribution in [3.8, 4) is 11.5 Å². The zero-order valence-corrected chi connectivity index (χ0v) is 16.3. The summed E-state index contributed by atoms with van der Waals surface area (Å²) in [5.74, 6) is -4.81. The van der Waals surface area contributed by atoms with Crippen LogP contribution in [0.1, 0.15) is 25.0 Å². The molecule has 0 unspecified atom stereocenters. The molecule has 1 aliphatic heterocycles. The Balaban J connectivity index is 1.98. The summed E-state index contributed by atoms with van der Waals surface area (Å²) in [4.78, 5) is 38.6. The van der Waals surface area contributed by atoms with Gasteiger partial charge in [0.1, 0.15) is 0 Å². The second-order valence-corrected chi connectivity index (χ2v) is 6.38. The van der Waals surface area contributed by atoms with Crippen molar-refractivity contribution in [2.45, 2.75) is 13.8 Å². The van der Waals surface area contributed by atoms with Crippen molar-refractivity contribution in [3.05, 3.63) is 63.8 Å². The van der Waals surface area contributed by atoms with Crippen molar-refractivity contribution in [3.63, 3.8) is 0 Å². The summed E-state index contributed by atoms with van der Waals surface area (Å²) in [6.45, 7) is 2.35. The molecule has 0 atom stereocenters. The highest BCUT2D eigenvalue weighted by Gasteiger charge is 2.27. The van der Waals surface area contributed by atoms with Crippen LogP contribution in [0.2, 0.25) is 5.02 Å². The normalized spacial score (nSPS) is 14.4. The lowest BCUT2D eigenvalue weighted by Gasteiger charge is -2.09. The quantitative estimate of drug-likeness (QED) is 0.314. The van der Waals surface area contributed by atoms with Crippen molar-refractivity contribution in [1.29, 1.82) is 0 Å². The SMILES string of the molecule is CC(=O)Oc1ccc(C=C2N=C(c3cc(F)c(F)cc3Cl)OC2=O)cc1OC(C)=O. The number of nitrogens with zero attached hydrogens (tertiary/aromatic N) is 1. The number of rotatable bonds is 4. The minimum Gasteiger partial charge on any atom is -0.423 e. The summed E-state index contributed by atoms with van der Waals surface area (Å²) in [5.41, 5.74) is 0.0911. The summed E-state index contributed by atoms with van der Waals surface area (Å²) in [5, 5.41) is -0.190. The Hall–Kier alpha value is -3.59. The molecule has 0 saturated carbocycles. The van der Waals surface area contributed by atoms with Crippen molar-refractivity contribution in [1.82, 2.24) is 0 Å². The van der Waals surface area contributed by atoms with Crippen molar-refractivity contribution in [2.75, 3.05) is 0 Å². The number of hydrogen-bond acceptors (Lipinski definition) is 7. The molecule has 2 aromatic rings. The van der Waals surface area contributed by atoms with E-state index in [1.54, 1.807) is 0 Å². The first-order valence-electron chi connectivity index (χ1n) is 8.32. The fourth-order valence-electron chi connectivity index (χ4n) is 2.46. The lowest BCUT2D eigenvalue weighted by atomic mass is 10.1. The molecule has 1 heterocycles. The van der Waals surface area contributed by atoms with Crippen LogP contribution >= 0.6 is 11.6 Å². The highest BCUT2D eigenvalue weighted by atomic mass is 35.5. The van der Waals surface area contributed by atoms with Gasteiger partial charge in [0.25, 0.3) is 0 Å². The standard InChI is InChI=1S/C20H12ClF2NO6/c1-9(25)28-17-4-3-11(6-18(17)29-10(2)26)5-16-20(27)30-19(24-16)12-7-14(22)15(23)8-13(12)21/h3-8H,1-2H3. The molecule has 0 spiro atoms. The Kier molecular flexibility index (Phi) is 5.93. The first kappa shape index (κ1) is 21.1. The molecule has 0 aromatic heterocycles. The van der Waals surface area contributed by atoms with Gasteiger partial charge in [0.2, 0.25) is 5.90 Å². The van der Waals surface area contributed by atoms with Gasteiger partial charge in [-0.25, -0.2) is 18.6 Å². The van der Waals surface area contributed by atoms with Crippen LogP contribution in [0.4, 0.5) is 8.78 Å². The Bertz CT molecular complexity index is 1140. The number of ether oxygens (including phenoxy) is 3. The van der Waals surface area contributed by atoms with Gasteiger partial charge >= 0.3 is 17.9 Å². The van der Waals surface area contributed by atoms with Crippen molar-refractivity contribution in [2.24, 2.45) is 4.99 Å². The van der Waals surface area contributed by atoms with E-state index in [0.29, 0.717) is 5.56 Å². The molecule has 0 amide bonds. The highest BCUT2D eigenvalue weighted by molar-refractivity contribution is 6.34. The molecule has 0 saturated heterocycles. The third-order valence-corrected chi connectivity index (χ3v) is 3.95. The van der Waals surface area contributed by atoms with E-state index in [0.717, 1.165) is 12.1 Å². The number of carbonyl (C=O) groups is 3. The van der Waals surface area contributed by atoms with Crippen LogP contribution < -0.4 is 9.47 Å². The third kappa shape index (κ3) is 4.69. The van der Waals surface area contributed by atoms with Gasteiger partial charge in [0.15, 0.2) is 28.8 Å². The van der Waals surface area contributed by atoms with E-state index in [1.807, 2.05) is 0 Å². The van der Waals surface area contributed by atoms with Gasteiger partial charge in [-0.3, -0.25) is 9.59 Å². The van der Waals surface area contributed by atoms with Gasteiger partial charge in [0, 0.05) is 13.8 Å². The van der Waals surface area contributed by atoms with E-state index in [1.165, 1.54) is 38.1 Å². The van der Waals surface area contributed by atoms with Gasteiger partial charge in [-0.2, -0.15) is 0 Å². The molecule has 30 heavy (non-hydrogen) atoms. The number of hydrogen-bond donors (Lipinski definition) is 0. The molecule has 0 fully saturated rings. The van der Waals surface area contributed by atoms with E-state index >= 15 is 0 Å². The average Bonchev–Trinajstić information content (AvgIpc) is 3.00. The smallest absolute Gasteiger partial charge is 0.363 e. The topological polar surface area (TPSA) is 91.3 Å². The minimum atomic E-state index is -1.18. The van der Waals surface area contributed by atoms with Crippen LogP contribution in [0.5, 0.6) is 11.5 Å². The average molecular weight is 436 g/mol. The molecule has 0 aliphatic carbocycles. The predicted octanol–water partition coefficient (Wildman–Crippen LogP) is 3.81. The van der Waals surface area contributed by atoms with Gasteiger partial charge in [-0.05, 0) is 35.9 Å². The number of halogens is 3. The summed E-state index contributed by atoms with van der Waals surface area (Å²) in [6, 6.07) is 5.69. The molecule has 10 heteroatoms. The Morgan fingerprint density at radius 1 is 1.03 bits per heavy atom. The zero-order chi connectivity index (χ0) is 22.0. The van der Waals surface area contributed by atoms with E-state index in [-0.39, 0.29) is 33.7 Å². The maximum Gasteiger partial charge on any atom is 0.363 e. The highest BCUT2D eigenvalue weighted by Crippen LogP contribution is 2.31. The lowest BCUT2D eigenvalue weighted by molar-refractivity contribution is -0.134. The van der Waals surface area contributed by atoms with E-state index in [4.69, 9.17) is 25.8 Å². The minimum absolute atomic E-state index is 0.00612. The van der Waals surface area contributed by atoms with Gasteiger partial charge in [-0.1, -0.05) is 17.7 Å². The second-order valence-electron chi connectivity index (χ2n) is 5.98. The maximum absolute atomic E-state index is 13.5. The largest absolute Gasteiger partial charge is 0.423 e. The number of esters is 3. The molecular formula is C20H12ClF2NO6. The van der Waals surface area contributed by atoms with Crippen LogP contribution in [0.25, 0.3) is 6.08 Å². The fourth-order valence-corrected chi connectivity index (χ4v) is 2.69.